The maximum atomic E-state index is 3.98. The highest BCUT2D eigenvalue weighted by Crippen LogP contribution is 2.39. The number of allylic oxidation sites excluding steroid dienone is 3. The normalized spacial score (nSPS) is 39.1. The van der Waals surface area contributed by atoms with Gasteiger partial charge in [-0.15, -0.1) is 11.8 Å². The summed E-state index contributed by atoms with van der Waals surface area (Å²) in [4.78, 5) is 1.24. The lowest BCUT2D eigenvalue weighted by Gasteiger charge is -2.34. The maximum Gasteiger partial charge on any atom is 0.0182 e. The first kappa shape index (κ1) is 10.9. The zero-order valence-corrected chi connectivity index (χ0v) is 9.90. The van der Waals surface area contributed by atoms with Gasteiger partial charge in [-0.25, -0.2) is 0 Å². The van der Waals surface area contributed by atoms with Crippen molar-refractivity contribution in [1.82, 2.24) is 0 Å². The maximum absolute atomic E-state index is 3.98. The lowest BCUT2D eigenvalue weighted by molar-refractivity contribution is 0.378. The molecule has 1 aliphatic rings. The first-order valence-electron chi connectivity index (χ1n) is 5.03. The van der Waals surface area contributed by atoms with Crippen LogP contribution in [0.15, 0.2) is 23.6 Å². The Labute approximate surface area is 86.5 Å². The van der Waals surface area contributed by atoms with E-state index >= 15 is 0 Å². The second kappa shape index (κ2) is 4.36. The summed E-state index contributed by atoms with van der Waals surface area (Å²) < 4.78 is 0. The highest BCUT2D eigenvalue weighted by molar-refractivity contribution is 8.03. The van der Waals surface area contributed by atoms with E-state index in [9.17, 15) is 0 Å². The third-order valence-electron chi connectivity index (χ3n) is 2.92. The van der Waals surface area contributed by atoms with Crippen LogP contribution in [-0.4, -0.2) is 5.25 Å². The summed E-state index contributed by atoms with van der Waals surface area (Å²) >= 11 is 1.95. The molecule has 0 saturated heterocycles. The highest BCUT2D eigenvalue weighted by Gasteiger charge is 2.29. The molecule has 0 spiro atoms. The van der Waals surface area contributed by atoms with Crippen molar-refractivity contribution < 1.29 is 0 Å². The van der Waals surface area contributed by atoms with Crippen molar-refractivity contribution in [1.29, 1.82) is 0 Å². The molecule has 1 aliphatic carbocycles. The average Bonchev–Trinajstić information content (AvgIpc) is 2.05. The third kappa shape index (κ3) is 2.63. The smallest absolute Gasteiger partial charge is 0.0182 e. The molecule has 0 amide bonds. The van der Waals surface area contributed by atoms with Gasteiger partial charge in [0.1, 0.15) is 0 Å². The summed E-state index contributed by atoms with van der Waals surface area (Å²) in [6, 6.07) is 0. The predicted octanol–water partition coefficient (Wildman–Crippen LogP) is 4.10. The van der Waals surface area contributed by atoms with E-state index in [1.807, 2.05) is 11.8 Å². The summed E-state index contributed by atoms with van der Waals surface area (Å²) in [6.45, 7) is 13.0. The Balaban J connectivity index is 2.70. The van der Waals surface area contributed by atoms with E-state index < -0.39 is 0 Å². The molecule has 0 aliphatic heterocycles. The molecule has 0 saturated carbocycles. The zero-order chi connectivity index (χ0) is 10.0. The molecule has 0 aromatic carbocycles. The van der Waals surface area contributed by atoms with Crippen LogP contribution in [0.3, 0.4) is 0 Å². The molecular weight excluding hydrogens is 176 g/mol. The van der Waals surface area contributed by atoms with Gasteiger partial charge in [-0.2, -0.15) is 0 Å². The summed E-state index contributed by atoms with van der Waals surface area (Å²) in [5.41, 5.74) is 0. The lowest BCUT2D eigenvalue weighted by Crippen LogP contribution is -2.29. The molecule has 0 aromatic rings. The first-order valence-corrected chi connectivity index (χ1v) is 5.91. The quantitative estimate of drug-likeness (QED) is 0.599. The van der Waals surface area contributed by atoms with Gasteiger partial charge >= 0.3 is 0 Å². The van der Waals surface area contributed by atoms with Crippen LogP contribution in [0.1, 0.15) is 27.7 Å². The van der Waals surface area contributed by atoms with E-state index in [-0.39, 0.29) is 0 Å². The van der Waals surface area contributed by atoms with Gasteiger partial charge in [0.25, 0.3) is 0 Å². The van der Waals surface area contributed by atoms with Crippen LogP contribution in [0.5, 0.6) is 0 Å². The van der Waals surface area contributed by atoms with Gasteiger partial charge in [-0.1, -0.05) is 39.5 Å². The van der Waals surface area contributed by atoms with Gasteiger partial charge in [0, 0.05) is 5.25 Å². The van der Waals surface area contributed by atoms with Crippen LogP contribution < -0.4 is 0 Å². The number of hydrogen-bond acceptors (Lipinski definition) is 1. The van der Waals surface area contributed by atoms with E-state index in [0.29, 0.717) is 11.8 Å². The lowest BCUT2D eigenvalue weighted by atomic mass is 9.81. The summed E-state index contributed by atoms with van der Waals surface area (Å²) in [5.74, 6) is 2.17. The Bertz CT molecular complexity index is 217. The van der Waals surface area contributed by atoms with E-state index in [0.717, 1.165) is 11.2 Å². The average molecular weight is 196 g/mol. The van der Waals surface area contributed by atoms with Gasteiger partial charge in [0.15, 0.2) is 0 Å². The van der Waals surface area contributed by atoms with Gasteiger partial charge in [-0.3, -0.25) is 0 Å². The Morgan fingerprint density at radius 2 is 1.69 bits per heavy atom. The third-order valence-corrected chi connectivity index (χ3v) is 4.45. The molecule has 0 nitrogen and oxygen atoms in total. The molecule has 0 radical (unpaired) electrons. The number of hydrogen-bond donors (Lipinski definition) is 0. The van der Waals surface area contributed by atoms with E-state index in [1.54, 1.807) is 0 Å². The van der Waals surface area contributed by atoms with E-state index in [4.69, 9.17) is 0 Å². The van der Waals surface area contributed by atoms with E-state index in [2.05, 4.69) is 46.4 Å². The second-order valence-corrected chi connectivity index (χ2v) is 5.72. The van der Waals surface area contributed by atoms with Crippen LogP contribution >= 0.6 is 11.8 Å². The second-order valence-electron chi connectivity index (χ2n) is 4.25. The molecule has 4 unspecified atom stereocenters. The summed E-state index contributed by atoms with van der Waals surface area (Å²) in [6.07, 6.45) is 4.70. The van der Waals surface area contributed by atoms with Gasteiger partial charge in [0.05, 0.1) is 0 Å². The fourth-order valence-corrected chi connectivity index (χ4v) is 3.09. The van der Waals surface area contributed by atoms with E-state index in [1.165, 1.54) is 4.91 Å². The molecule has 0 bridgehead atoms. The molecule has 0 N–H and O–H groups in total. The van der Waals surface area contributed by atoms with Gasteiger partial charge in [0.2, 0.25) is 0 Å². The molecule has 1 rings (SSSR count). The molecular formula is C12H20S. The fraction of sp³-hybridized carbons (Fsp3) is 0.667. The Morgan fingerprint density at radius 3 is 2.23 bits per heavy atom. The fourth-order valence-electron chi connectivity index (χ4n) is 1.86. The molecule has 4 atom stereocenters. The molecule has 74 valence electrons. The van der Waals surface area contributed by atoms with Crippen molar-refractivity contribution >= 4 is 11.8 Å². The van der Waals surface area contributed by atoms with Crippen molar-refractivity contribution in [2.75, 3.05) is 0 Å². The Hall–Kier alpha value is -0.170. The minimum atomic E-state index is 0.688. The Kier molecular flexibility index (Phi) is 3.66. The van der Waals surface area contributed by atoms with Gasteiger partial charge < -0.3 is 0 Å². The minimum absolute atomic E-state index is 0.688. The standard InChI is InChI=1S/C12H20S/c1-8(2)13-12-10(4)7-6-9(3)11(12)5/h6-7,9-12H,1H2,2-5H3. The summed E-state index contributed by atoms with van der Waals surface area (Å²) in [7, 11) is 0. The minimum Gasteiger partial charge on any atom is -0.127 e. The number of rotatable bonds is 2. The Morgan fingerprint density at radius 1 is 1.15 bits per heavy atom. The molecule has 0 heterocycles. The van der Waals surface area contributed by atoms with Gasteiger partial charge in [-0.05, 0) is 29.6 Å². The monoisotopic (exact) mass is 196 g/mol. The topological polar surface area (TPSA) is 0 Å². The van der Waals surface area contributed by atoms with Crippen LogP contribution in [-0.2, 0) is 0 Å². The molecule has 0 fully saturated rings. The van der Waals surface area contributed by atoms with Crippen molar-refractivity contribution in [3.05, 3.63) is 23.6 Å². The van der Waals surface area contributed by atoms with Crippen molar-refractivity contribution in [2.45, 2.75) is 32.9 Å². The predicted molar refractivity (Wildman–Crippen MR) is 62.8 cm³/mol. The highest BCUT2D eigenvalue weighted by atomic mass is 32.2. The first-order chi connectivity index (χ1) is 6.02. The molecule has 1 heteroatoms. The summed E-state index contributed by atoms with van der Waals surface area (Å²) in [5, 5.41) is 0.720. The van der Waals surface area contributed by atoms with Crippen LogP contribution in [0.4, 0.5) is 0 Å². The van der Waals surface area contributed by atoms with Crippen LogP contribution in [0.2, 0.25) is 0 Å². The SMILES string of the molecule is C=C(C)SC1C(C)C=CC(C)C1C. The largest absolute Gasteiger partial charge is 0.127 e. The van der Waals surface area contributed by atoms with Crippen molar-refractivity contribution in [3.63, 3.8) is 0 Å². The molecule has 0 aromatic heterocycles. The zero-order valence-electron chi connectivity index (χ0n) is 9.08. The van der Waals surface area contributed by atoms with Crippen LogP contribution in [0, 0.1) is 17.8 Å². The number of thioether (sulfide) groups is 1. The van der Waals surface area contributed by atoms with Crippen molar-refractivity contribution in [2.24, 2.45) is 17.8 Å². The molecule has 13 heavy (non-hydrogen) atoms. The van der Waals surface area contributed by atoms with Crippen molar-refractivity contribution in [3.8, 4) is 0 Å². The van der Waals surface area contributed by atoms with Crippen LogP contribution in [0.25, 0.3) is 0 Å².